The molecule has 2 rings (SSSR count). The first-order valence-electron chi connectivity index (χ1n) is 9.40. The van der Waals surface area contributed by atoms with Gasteiger partial charge in [-0.1, -0.05) is 41.5 Å². The van der Waals surface area contributed by atoms with Crippen molar-refractivity contribution >= 4 is 11.9 Å². The average molecular weight is 367 g/mol. The molecule has 0 aliphatic heterocycles. The zero-order valence-corrected chi connectivity index (χ0v) is 16.7. The van der Waals surface area contributed by atoms with Crippen molar-refractivity contribution in [3.63, 3.8) is 0 Å². The molecular weight excluding hydrogens is 336 g/mol. The number of rotatable bonds is 7. The lowest BCUT2D eigenvalue weighted by Crippen LogP contribution is -2.37. The Morgan fingerprint density at radius 1 is 0.963 bits per heavy atom. The van der Waals surface area contributed by atoms with Gasteiger partial charge in [0.25, 0.3) is 5.91 Å². The van der Waals surface area contributed by atoms with Crippen LogP contribution in [0.4, 0.5) is 0 Å². The van der Waals surface area contributed by atoms with Gasteiger partial charge in [0.1, 0.15) is 0 Å². The van der Waals surface area contributed by atoms with Gasteiger partial charge in [0, 0.05) is 32.2 Å². The maximum Gasteiger partial charge on any atom is 0.251 e. The molecule has 0 bridgehead atoms. The Morgan fingerprint density at radius 2 is 1.70 bits per heavy atom. The van der Waals surface area contributed by atoms with E-state index < -0.39 is 0 Å². The van der Waals surface area contributed by atoms with Crippen LogP contribution < -0.4 is 16.0 Å². The molecule has 27 heavy (non-hydrogen) atoms. The van der Waals surface area contributed by atoms with Crippen LogP contribution in [0.1, 0.15) is 39.5 Å². The quantitative estimate of drug-likeness (QED) is 0.521. The van der Waals surface area contributed by atoms with Gasteiger partial charge in [0.15, 0.2) is 5.96 Å². The molecule has 0 radical (unpaired) electrons. The molecule has 0 saturated heterocycles. The van der Waals surface area contributed by atoms with Crippen molar-refractivity contribution in [2.45, 2.75) is 33.7 Å². The number of hydrogen-bond donors (Lipinski definition) is 3. The summed E-state index contributed by atoms with van der Waals surface area (Å²) < 4.78 is 0. The highest BCUT2D eigenvalue weighted by Gasteiger charge is 2.05. The SMILES string of the molecule is CCNC(=O)c1cccc(CNC(=NC)NCCc2cc(C)cc(C)c2)c1. The van der Waals surface area contributed by atoms with Crippen LogP contribution in [-0.4, -0.2) is 32.0 Å². The number of nitrogens with one attached hydrogen (secondary N) is 3. The van der Waals surface area contributed by atoms with Crippen LogP contribution in [0.15, 0.2) is 47.5 Å². The van der Waals surface area contributed by atoms with Crippen molar-refractivity contribution in [1.29, 1.82) is 0 Å². The molecule has 0 aromatic heterocycles. The fraction of sp³-hybridized carbons (Fsp3) is 0.364. The van der Waals surface area contributed by atoms with E-state index in [1.807, 2.05) is 31.2 Å². The predicted octanol–water partition coefficient (Wildman–Crippen LogP) is 2.96. The fourth-order valence-electron chi connectivity index (χ4n) is 3.03. The highest BCUT2D eigenvalue weighted by molar-refractivity contribution is 5.94. The molecule has 0 fully saturated rings. The van der Waals surface area contributed by atoms with Crippen molar-refractivity contribution in [2.24, 2.45) is 4.99 Å². The van der Waals surface area contributed by atoms with E-state index in [0.717, 1.165) is 24.5 Å². The van der Waals surface area contributed by atoms with Crippen LogP contribution in [0.3, 0.4) is 0 Å². The number of hydrogen-bond acceptors (Lipinski definition) is 2. The van der Waals surface area contributed by atoms with Crippen molar-refractivity contribution in [2.75, 3.05) is 20.1 Å². The molecule has 144 valence electrons. The molecular formula is C22H30N4O. The van der Waals surface area contributed by atoms with E-state index in [1.54, 1.807) is 7.05 Å². The molecule has 2 aromatic rings. The van der Waals surface area contributed by atoms with E-state index in [-0.39, 0.29) is 5.91 Å². The Kier molecular flexibility index (Phi) is 7.86. The largest absolute Gasteiger partial charge is 0.356 e. The third kappa shape index (κ3) is 6.77. The number of carbonyl (C=O) groups is 1. The lowest BCUT2D eigenvalue weighted by molar-refractivity contribution is 0.0955. The van der Waals surface area contributed by atoms with Crippen LogP contribution in [0.5, 0.6) is 0 Å². The van der Waals surface area contributed by atoms with Gasteiger partial charge in [0.05, 0.1) is 0 Å². The highest BCUT2D eigenvalue weighted by atomic mass is 16.1. The molecule has 5 nitrogen and oxygen atoms in total. The topological polar surface area (TPSA) is 65.5 Å². The van der Waals surface area contributed by atoms with Crippen LogP contribution in [0.25, 0.3) is 0 Å². The van der Waals surface area contributed by atoms with E-state index >= 15 is 0 Å². The number of guanidine groups is 1. The number of nitrogens with zero attached hydrogens (tertiary/aromatic N) is 1. The Bertz CT molecular complexity index is 778. The van der Waals surface area contributed by atoms with Crippen molar-refractivity contribution in [1.82, 2.24) is 16.0 Å². The lowest BCUT2D eigenvalue weighted by Gasteiger charge is -2.13. The van der Waals surface area contributed by atoms with E-state index in [1.165, 1.54) is 16.7 Å². The van der Waals surface area contributed by atoms with Crippen molar-refractivity contribution in [3.05, 3.63) is 70.3 Å². The van der Waals surface area contributed by atoms with Crippen LogP contribution in [0.2, 0.25) is 0 Å². The summed E-state index contributed by atoms with van der Waals surface area (Å²) in [7, 11) is 1.76. The normalized spacial score (nSPS) is 11.2. The molecule has 0 heterocycles. The van der Waals surface area contributed by atoms with Gasteiger partial charge in [0.2, 0.25) is 0 Å². The standard InChI is InChI=1S/C22H30N4O/c1-5-24-21(27)20-8-6-7-19(14-20)15-26-22(23-4)25-10-9-18-12-16(2)11-17(3)13-18/h6-8,11-14H,5,9-10,15H2,1-4H3,(H,24,27)(H2,23,25,26). The van der Waals surface area contributed by atoms with Crippen LogP contribution in [-0.2, 0) is 13.0 Å². The van der Waals surface area contributed by atoms with Crippen molar-refractivity contribution in [3.8, 4) is 0 Å². The maximum atomic E-state index is 11.9. The Hall–Kier alpha value is -2.82. The summed E-state index contributed by atoms with van der Waals surface area (Å²) in [5.74, 6) is 0.707. The Balaban J connectivity index is 1.85. The third-order valence-electron chi connectivity index (χ3n) is 4.20. The number of benzene rings is 2. The maximum absolute atomic E-state index is 11.9. The van der Waals surface area contributed by atoms with Crippen molar-refractivity contribution < 1.29 is 4.79 Å². The summed E-state index contributed by atoms with van der Waals surface area (Å²) >= 11 is 0. The molecule has 5 heteroatoms. The molecule has 0 aliphatic rings. The van der Waals surface area contributed by atoms with E-state index in [0.29, 0.717) is 18.7 Å². The molecule has 3 N–H and O–H groups in total. The third-order valence-corrected chi connectivity index (χ3v) is 4.20. The zero-order valence-electron chi connectivity index (χ0n) is 16.7. The van der Waals surface area contributed by atoms with E-state index in [9.17, 15) is 4.79 Å². The van der Waals surface area contributed by atoms with Gasteiger partial charge in [-0.3, -0.25) is 9.79 Å². The number of aliphatic imine (C=N–C) groups is 1. The Morgan fingerprint density at radius 3 is 2.37 bits per heavy atom. The second kappa shape index (κ2) is 10.4. The van der Waals surface area contributed by atoms with Crippen LogP contribution in [0, 0.1) is 13.8 Å². The first kappa shape index (κ1) is 20.5. The summed E-state index contributed by atoms with van der Waals surface area (Å²) in [6.07, 6.45) is 0.940. The molecule has 0 saturated carbocycles. The minimum absolute atomic E-state index is 0.0460. The number of amides is 1. The van der Waals surface area contributed by atoms with Gasteiger partial charge >= 0.3 is 0 Å². The summed E-state index contributed by atoms with van der Waals surface area (Å²) in [6.45, 7) is 8.20. The van der Waals surface area contributed by atoms with Gasteiger partial charge in [-0.25, -0.2) is 0 Å². The molecule has 0 aliphatic carbocycles. The van der Waals surface area contributed by atoms with Gasteiger partial charge < -0.3 is 16.0 Å². The van der Waals surface area contributed by atoms with Gasteiger partial charge in [-0.15, -0.1) is 0 Å². The number of carbonyl (C=O) groups excluding carboxylic acids is 1. The zero-order chi connectivity index (χ0) is 19.6. The lowest BCUT2D eigenvalue weighted by atomic mass is 10.1. The monoisotopic (exact) mass is 366 g/mol. The minimum Gasteiger partial charge on any atom is -0.356 e. The summed E-state index contributed by atoms with van der Waals surface area (Å²) in [5.41, 5.74) is 5.62. The first-order chi connectivity index (χ1) is 13.0. The second-order valence-corrected chi connectivity index (χ2v) is 6.66. The predicted molar refractivity (Wildman–Crippen MR) is 112 cm³/mol. The van der Waals surface area contributed by atoms with Gasteiger partial charge in [-0.05, 0) is 50.5 Å². The van der Waals surface area contributed by atoms with Crippen LogP contribution >= 0.6 is 0 Å². The van der Waals surface area contributed by atoms with Gasteiger partial charge in [-0.2, -0.15) is 0 Å². The summed E-state index contributed by atoms with van der Waals surface area (Å²) in [5, 5.41) is 9.47. The smallest absolute Gasteiger partial charge is 0.251 e. The average Bonchev–Trinajstić information content (AvgIpc) is 2.64. The first-order valence-corrected chi connectivity index (χ1v) is 9.40. The Labute approximate surface area is 162 Å². The summed E-state index contributed by atoms with van der Waals surface area (Å²) in [4.78, 5) is 16.2. The molecule has 0 atom stereocenters. The molecule has 1 amide bonds. The van der Waals surface area contributed by atoms with E-state index in [4.69, 9.17) is 0 Å². The molecule has 0 unspecified atom stereocenters. The second-order valence-electron chi connectivity index (χ2n) is 6.66. The highest BCUT2D eigenvalue weighted by Crippen LogP contribution is 2.09. The molecule has 0 spiro atoms. The van der Waals surface area contributed by atoms with E-state index in [2.05, 4.69) is 53.0 Å². The molecule has 2 aromatic carbocycles. The summed E-state index contributed by atoms with van der Waals surface area (Å²) in [6, 6.07) is 14.3. The minimum atomic E-state index is -0.0460. The fourth-order valence-corrected chi connectivity index (χ4v) is 3.03. The number of aryl methyl sites for hydroxylation is 2.